The van der Waals surface area contributed by atoms with E-state index in [1.807, 2.05) is 6.20 Å². The van der Waals surface area contributed by atoms with Gasteiger partial charge < -0.3 is 4.98 Å². The van der Waals surface area contributed by atoms with Crippen LogP contribution in [0.4, 0.5) is 0 Å². The van der Waals surface area contributed by atoms with E-state index in [2.05, 4.69) is 42.0 Å². The van der Waals surface area contributed by atoms with Gasteiger partial charge in [0.05, 0.1) is 18.2 Å². The van der Waals surface area contributed by atoms with Gasteiger partial charge in [-0.2, -0.15) is 0 Å². The largest absolute Gasteiger partial charge is 0.345 e. The number of aromatic nitrogens is 2. The van der Waals surface area contributed by atoms with Crippen molar-refractivity contribution in [1.82, 2.24) is 9.97 Å². The normalized spacial score (nSPS) is 10.3. The summed E-state index contributed by atoms with van der Waals surface area (Å²) in [6.45, 7) is 4.20. The van der Waals surface area contributed by atoms with Crippen LogP contribution in [0.2, 0.25) is 0 Å². The Kier molecular flexibility index (Phi) is 1.89. The lowest BCUT2D eigenvalue weighted by atomic mass is 10.0. The van der Waals surface area contributed by atoms with Crippen LogP contribution in [0.1, 0.15) is 11.1 Å². The Labute approximate surface area is 77.6 Å². The number of imidazole rings is 1. The standard InChI is InChI=1S/C11H12N2/c1-8-3-4-9(2)10(5-8)11-6-12-7-13-11/h3-7H,1-2H3,(H,12,13). The smallest absolute Gasteiger partial charge is 0.0924 e. The molecule has 0 radical (unpaired) electrons. The average molecular weight is 172 g/mol. The second kappa shape index (κ2) is 3.05. The van der Waals surface area contributed by atoms with Gasteiger partial charge in [-0.25, -0.2) is 4.98 Å². The summed E-state index contributed by atoms with van der Waals surface area (Å²) in [6, 6.07) is 6.42. The number of hydrogen-bond acceptors (Lipinski definition) is 1. The van der Waals surface area contributed by atoms with E-state index in [4.69, 9.17) is 0 Å². The average Bonchev–Trinajstić information content (AvgIpc) is 2.61. The monoisotopic (exact) mass is 172 g/mol. The first-order valence-corrected chi connectivity index (χ1v) is 4.33. The highest BCUT2D eigenvalue weighted by atomic mass is 14.9. The summed E-state index contributed by atoms with van der Waals surface area (Å²) in [4.78, 5) is 7.12. The molecule has 0 unspecified atom stereocenters. The molecular weight excluding hydrogens is 160 g/mol. The first-order chi connectivity index (χ1) is 6.27. The van der Waals surface area contributed by atoms with Crippen molar-refractivity contribution >= 4 is 0 Å². The van der Waals surface area contributed by atoms with E-state index in [1.165, 1.54) is 16.7 Å². The Balaban J connectivity index is 2.57. The summed E-state index contributed by atoms with van der Waals surface area (Å²) in [5.41, 5.74) is 4.86. The zero-order chi connectivity index (χ0) is 9.26. The second-order valence-electron chi connectivity index (χ2n) is 3.28. The summed E-state index contributed by atoms with van der Waals surface area (Å²) in [7, 11) is 0. The number of nitrogens with zero attached hydrogens (tertiary/aromatic N) is 1. The van der Waals surface area contributed by atoms with Gasteiger partial charge in [0.1, 0.15) is 0 Å². The molecular formula is C11H12N2. The Morgan fingerprint density at radius 3 is 2.77 bits per heavy atom. The molecule has 2 aromatic rings. The van der Waals surface area contributed by atoms with Gasteiger partial charge in [-0.3, -0.25) is 0 Å². The van der Waals surface area contributed by atoms with Crippen LogP contribution >= 0.6 is 0 Å². The van der Waals surface area contributed by atoms with E-state index >= 15 is 0 Å². The van der Waals surface area contributed by atoms with Gasteiger partial charge in [-0.1, -0.05) is 17.7 Å². The third-order valence-electron chi connectivity index (χ3n) is 2.18. The van der Waals surface area contributed by atoms with E-state index < -0.39 is 0 Å². The number of benzene rings is 1. The fourth-order valence-corrected chi connectivity index (χ4v) is 1.43. The minimum atomic E-state index is 1.08. The van der Waals surface area contributed by atoms with Crippen molar-refractivity contribution in [3.8, 4) is 11.3 Å². The van der Waals surface area contributed by atoms with Crippen LogP contribution in [-0.2, 0) is 0 Å². The highest BCUT2D eigenvalue weighted by Crippen LogP contribution is 2.21. The molecule has 1 heterocycles. The van der Waals surface area contributed by atoms with Crippen molar-refractivity contribution in [1.29, 1.82) is 0 Å². The van der Waals surface area contributed by atoms with E-state index in [0.717, 1.165) is 5.69 Å². The summed E-state index contributed by atoms with van der Waals surface area (Å²) in [6.07, 6.45) is 3.55. The Morgan fingerprint density at radius 2 is 2.08 bits per heavy atom. The summed E-state index contributed by atoms with van der Waals surface area (Å²) >= 11 is 0. The third kappa shape index (κ3) is 1.47. The maximum Gasteiger partial charge on any atom is 0.0924 e. The van der Waals surface area contributed by atoms with Gasteiger partial charge in [-0.05, 0) is 25.5 Å². The summed E-state index contributed by atoms with van der Waals surface area (Å²) in [5.74, 6) is 0. The molecule has 2 rings (SSSR count). The van der Waals surface area contributed by atoms with Crippen molar-refractivity contribution in [3.05, 3.63) is 41.9 Å². The lowest BCUT2D eigenvalue weighted by Crippen LogP contribution is -1.84. The van der Waals surface area contributed by atoms with Gasteiger partial charge in [0.15, 0.2) is 0 Å². The van der Waals surface area contributed by atoms with Gasteiger partial charge in [0.2, 0.25) is 0 Å². The van der Waals surface area contributed by atoms with Crippen LogP contribution in [0.15, 0.2) is 30.7 Å². The first-order valence-electron chi connectivity index (χ1n) is 4.33. The van der Waals surface area contributed by atoms with Crippen molar-refractivity contribution < 1.29 is 0 Å². The molecule has 0 amide bonds. The van der Waals surface area contributed by atoms with Crippen LogP contribution < -0.4 is 0 Å². The van der Waals surface area contributed by atoms with Crippen LogP contribution in [0.5, 0.6) is 0 Å². The molecule has 2 heteroatoms. The molecule has 0 saturated heterocycles. The molecule has 0 fully saturated rings. The van der Waals surface area contributed by atoms with E-state index in [0.29, 0.717) is 0 Å². The van der Waals surface area contributed by atoms with Crippen LogP contribution in [0.25, 0.3) is 11.3 Å². The molecule has 2 nitrogen and oxygen atoms in total. The fraction of sp³-hybridized carbons (Fsp3) is 0.182. The molecule has 66 valence electrons. The quantitative estimate of drug-likeness (QED) is 0.704. The molecule has 0 saturated carbocycles. The van der Waals surface area contributed by atoms with E-state index in [-0.39, 0.29) is 0 Å². The minimum Gasteiger partial charge on any atom is -0.345 e. The maximum absolute atomic E-state index is 4.01. The zero-order valence-corrected chi connectivity index (χ0v) is 7.83. The van der Waals surface area contributed by atoms with E-state index in [9.17, 15) is 0 Å². The Morgan fingerprint density at radius 1 is 1.23 bits per heavy atom. The lowest BCUT2D eigenvalue weighted by molar-refractivity contribution is 1.30. The first kappa shape index (κ1) is 8.05. The van der Waals surface area contributed by atoms with Gasteiger partial charge >= 0.3 is 0 Å². The van der Waals surface area contributed by atoms with Crippen LogP contribution in [-0.4, -0.2) is 9.97 Å². The van der Waals surface area contributed by atoms with Crippen LogP contribution in [0, 0.1) is 13.8 Å². The predicted molar refractivity (Wildman–Crippen MR) is 53.5 cm³/mol. The molecule has 1 aromatic heterocycles. The molecule has 0 spiro atoms. The Hall–Kier alpha value is -1.57. The number of H-pyrrole nitrogens is 1. The van der Waals surface area contributed by atoms with Crippen LogP contribution in [0.3, 0.4) is 0 Å². The minimum absolute atomic E-state index is 1.08. The number of aromatic amines is 1. The highest BCUT2D eigenvalue weighted by molar-refractivity contribution is 5.63. The number of aryl methyl sites for hydroxylation is 2. The lowest BCUT2D eigenvalue weighted by Gasteiger charge is -2.03. The number of rotatable bonds is 1. The number of nitrogens with one attached hydrogen (secondary N) is 1. The second-order valence-corrected chi connectivity index (χ2v) is 3.28. The van der Waals surface area contributed by atoms with Crippen molar-refractivity contribution in [2.75, 3.05) is 0 Å². The molecule has 0 aliphatic rings. The summed E-state index contributed by atoms with van der Waals surface area (Å²) in [5, 5.41) is 0. The van der Waals surface area contributed by atoms with Crippen molar-refractivity contribution in [3.63, 3.8) is 0 Å². The summed E-state index contributed by atoms with van der Waals surface area (Å²) < 4.78 is 0. The predicted octanol–water partition coefficient (Wildman–Crippen LogP) is 2.69. The molecule has 0 aliphatic carbocycles. The molecule has 13 heavy (non-hydrogen) atoms. The van der Waals surface area contributed by atoms with Gasteiger partial charge in [-0.15, -0.1) is 0 Å². The van der Waals surface area contributed by atoms with Crippen molar-refractivity contribution in [2.45, 2.75) is 13.8 Å². The van der Waals surface area contributed by atoms with E-state index in [1.54, 1.807) is 6.33 Å². The Bertz CT molecular complexity index is 402. The SMILES string of the molecule is Cc1ccc(C)c(-c2cnc[nH]2)c1. The topological polar surface area (TPSA) is 28.7 Å². The molecule has 1 N–H and O–H groups in total. The van der Waals surface area contributed by atoms with Gasteiger partial charge in [0.25, 0.3) is 0 Å². The zero-order valence-electron chi connectivity index (χ0n) is 7.83. The molecule has 0 atom stereocenters. The molecule has 0 bridgehead atoms. The third-order valence-corrected chi connectivity index (χ3v) is 2.18. The van der Waals surface area contributed by atoms with Gasteiger partial charge in [0, 0.05) is 5.56 Å². The highest BCUT2D eigenvalue weighted by Gasteiger charge is 2.02. The molecule has 1 aromatic carbocycles. The number of hydrogen-bond donors (Lipinski definition) is 1. The maximum atomic E-state index is 4.01. The van der Waals surface area contributed by atoms with Crippen molar-refractivity contribution in [2.24, 2.45) is 0 Å². The molecule has 0 aliphatic heterocycles. The fourth-order valence-electron chi connectivity index (χ4n) is 1.43.